The maximum absolute atomic E-state index is 12.2. The smallest absolute Gasteiger partial charge is 0.234 e. The van der Waals surface area contributed by atoms with Gasteiger partial charge in [-0.1, -0.05) is 45.1 Å². The number of methoxy groups -OCH3 is 1. The molecule has 9 heteroatoms. The second-order valence-electron chi connectivity index (χ2n) is 5.53. The number of benzene rings is 2. The van der Waals surface area contributed by atoms with Gasteiger partial charge < -0.3 is 15.4 Å². The number of nitrogens with one attached hydrogen (secondary N) is 2. The van der Waals surface area contributed by atoms with E-state index >= 15 is 0 Å². The Morgan fingerprint density at radius 2 is 2.11 bits per heavy atom. The van der Waals surface area contributed by atoms with Crippen molar-refractivity contribution >= 4 is 61.4 Å². The molecule has 2 aromatic carbocycles. The van der Waals surface area contributed by atoms with Gasteiger partial charge in [0.25, 0.3) is 0 Å². The van der Waals surface area contributed by atoms with Crippen LogP contribution in [0.25, 0.3) is 0 Å². The van der Waals surface area contributed by atoms with E-state index in [1.54, 1.807) is 7.11 Å². The lowest BCUT2D eigenvalue weighted by Crippen LogP contribution is -2.14. The first-order chi connectivity index (χ1) is 13.0. The minimum atomic E-state index is -0.0806. The predicted octanol–water partition coefficient (Wildman–Crippen LogP) is 5.09. The molecule has 0 fully saturated rings. The number of ether oxygens (including phenoxy) is 1. The lowest BCUT2D eigenvalue weighted by Gasteiger charge is -2.07. The van der Waals surface area contributed by atoms with E-state index in [-0.39, 0.29) is 11.7 Å². The third kappa shape index (κ3) is 5.69. The fourth-order valence-corrected chi connectivity index (χ4v) is 4.27. The van der Waals surface area contributed by atoms with Crippen LogP contribution in [0.1, 0.15) is 5.56 Å². The van der Waals surface area contributed by atoms with E-state index < -0.39 is 0 Å². The zero-order valence-electron chi connectivity index (χ0n) is 14.7. The first-order valence-electron chi connectivity index (χ1n) is 7.97. The summed E-state index contributed by atoms with van der Waals surface area (Å²) in [7, 11) is 1.62. The zero-order valence-corrected chi connectivity index (χ0v) is 17.9. The van der Waals surface area contributed by atoms with Gasteiger partial charge in [-0.3, -0.25) is 4.79 Å². The highest BCUT2D eigenvalue weighted by molar-refractivity contribution is 9.10. The van der Waals surface area contributed by atoms with Crippen molar-refractivity contribution in [2.75, 3.05) is 23.5 Å². The first kappa shape index (κ1) is 19.7. The number of aromatic nitrogens is 2. The molecule has 0 radical (unpaired) electrons. The topological polar surface area (TPSA) is 76.1 Å². The number of amides is 1. The summed E-state index contributed by atoms with van der Waals surface area (Å²) in [5.74, 6) is 0.950. The molecule has 1 aromatic heterocycles. The molecule has 0 spiro atoms. The molecule has 0 saturated carbocycles. The Hall–Kier alpha value is -2.10. The third-order valence-corrected chi connectivity index (χ3v) is 5.98. The number of halogens is 1. The van der Waals surface area contributed by atoms with Crippen molar-refractivity contribution < 1.29 is 9.53 Å². The number of carbonyl (C=O) groups is 1. The van der Waals surface area contributed by atoms with Crippen LogP contribution in [-0.2, 0) is 4.79 Å². The first-order valence-corrected chi connectivity index (χ1v) is 10.6. The molecule has 0 aliphatic carbocycles. The van der Waals surface area contributed by atoms with Gasteiger partial charge in [0, 0.05) is 21.9 Å². The van der Waals surface area contributed by atoms with Crippen molar-refractivity contribution in [1.82, 2.24) is 10.2 Å². The number of thioether (sulfide) groups is 1. The molecular weight excluding hydrogens is 448 g/mol. The van der Waals surface area contributed by atoms with E-state index in [2.05, 4.69) is 36.8 Å². The number of nitrogens with zero attached hydrogens (tertiary/aromatic N) is 2. The Morgan fingerprint density at radius 3 is 2.89 bits per heavy atom. The van der Waals surface area contributed by atoms with Crippen molar-refractivity contribution in [3.05, 3.63) is 52.5 Å². The summed E-state index contributed by atoms with van der Waals surface area (Å²) < 4.78 is 6.91. The van der Waals surface area contributed by atoms with Gasteiger partial charge in [0.2, 0.25) is 11.0 Å². The van der Waals surface area contributed by atoms with Crippen LogP contribution in [-0.4, -0.2) is 29.0 Å². The summed E-state index contributed by atoms with van der Waals surface area (Å²) in [6.45, 7) is 1.95. The average molecular weight is 465 g/mol. The maximum Gasteiger partial charge on any atom is 0.234 e. The normalized spacial score (nSPS) is 10.5. The van der Waals surface area contributed by atoms with E-state index in [1.807, 2.05) is 49.4 Å². The average Bonchev–Trinajstić information content (AvgIpc) is 3.10. The highest BCUT2D eigenvalue weighted by Crippen LogP contribution is 2.29. The fourth-order valence-electron chi connectivity index (χ4n) is 2.22. The minimum Gasteiger partial charge on any atom is -0.497 e. The number of aryl methyl sites for hydroxylation is 1. The molecule has 0 aliphatic rings. The van der Waals surface area contributed by atoms with Crippen molar-refractivity contribution in [3.63, 3.8) is 0 Å². The number of hydrogen-bond acceptors (Lipinski definition) is 7. The fraction of sp³-hybridized carbons (Fsp3) is 0.167. The molecule has 2 N–H and O–H groups in total. The van der Waals surface area contributed by atoms with Crippen LogP contribution >= 0.6 is 39.0 Å². The summed E-state index contributed by atoms with van der Waals surface area (Å²) in [6.07, 6.45) is 0. The van der Waals surface area contributed by atoms with E-state index in [0.717, 1.165) is 31.5 Å². The van der Waals surface area contributed by atoms with Gasteiger partial charge in [0.1, 0.15) is 5.75 Å². The number of rotatable bonds is 7. The molecule has 3 aromatic rings. The number of hydrogen-bond donors (Lipinski definition) is 2. The Bertz CT molecular complexity index is 949. The van der Waals surface area contributed by atoms with Crippen LogP contribution in [0.2, 0.25) is 0 Å². The summed E-state index contributed by atoms with van der Waals surface area (Å²) in [5.41, 5.74) is 2.68. The van der Waals surface area contributed by atoms with Gasteiger partial charge >= 0.3 is 0 Å². The maximum atomic E-state index is 12.2. The number of carbonyl (C=O) groups excluding carboxylic acids is 1. The molecule has 140 valence electrons. The summed E-state index contributed by atoms with van der Waals surface area (Å²) in [4.78, 5) is 12.2. The van der Waals surface area contributed by atoms with E-state index in [4.69, 9.17) is 4.74 Å². The third-order valence-electron chi connectivity index (χ3n) is 3.52. The molecule has 0 bridgehead atoms. The van der Waals surface area contributed by atoms with E-state index in [0.29, 0.717) is 5.13 Å². The standard InChI is InChI=1S/C18H17BrN4O2S2/c1-11-8-12(19)6-7-15(11)21-16(24)10-26-18-23-22-17(27-18)20-13-4-3-5-14(9-13)25-2/h3-9H,10H2,1-2H3,(H,20,22)(H,21,24). The van der Waals surface area contributed by atoms with Crippen LogP contribution in [0.4, 0.5) is 16.5 Å². The van der Waals surface area contributed by atoms with E-state index in [1.165, 1.54) is 23.1 Å². The largest absolute Gasteiger partial charge is 0.497 e. The van der Waals surface area contributed by atoms with Crippen molar-refractivity contribution in [1.29, 1.82) is 0 Å². The molecule has 1 amide bonds. The highest BCUT2D eigenvalue weighted by Gasteiger charge is 2.10. The lowest BCUT2D eigenvalue weighted by molar-refractivity contribution is -0.113. The molecule has 0 saturated heterocycles. The van der Waals surface area contributed by atoms with Gasteiger partial charge in [-0.2, -0.15) is 0 Å². The highest BCUT2D eigenvalue weighted by atomic mass is 79.9. The molecule has 6 nitrogen and oxygen atoms in total. The van der Waals surface area contributed by atoms with Crippen molar-refractivity contribution in [2.45, 2.75) is 11.3 Å². The molecule has 0 unspecified atom stereocenters. The summed E-state index contributed by atoms with van der Waals surface area (Å²) in [5, 5.41) is 15.0. The van der Waals surface area contributed by atoms with Crippen LogP contribution in [0.3, 0.4) is 0 Å². The number of anilines is 3. The molecule has 1 heterocycles. The second-order valence-corrected chi connectivity index (χ2v) is 8.64. The Kier molecular flexibility index (Phi) is 6.70. The van der Waals surface area contributed by atoms with Crippen LogP contribution in [0.15, 0.2) is 51.3 Å². The van der Waals surface area contributed by atoms with Crippen molar-refractivity contribution in [2.24, 2.45) is 0 Å². The monoisotopic (exact) mass is 464 g/mol. The van der Waals surface area contributed by atoms with Crippen LogP contribution in [0.5, 0.6) is 5.75 Å². The van der Waals surface area contributed by atoms with Gasteiger partial charge in [-0.15, -0.1) is 10.2 Å². The SMILES string of the molecule is COc1cccc(Nc2nnc(SCC(=O)Nc3ccc(Br)cc3C)s2)c1. The van der Waals surface area contributed by atoms with Crippen LogP contribution in [0, 0.1) is 6.92 Å². The molecule has 27 heavy (non-hydrogen) atoms. The van der Waals surface area contributed by atoms with Gasteiger partial charge in [-0.05, 0) is 42.8 Å². The summed E-state index contributed by atoms with van der Waals surface area (Å²) in [6, 6.07) is 13.3. The molecular formula is C18H17BrN4O2S2. The molecule has 0 aliphatic heterocycles. The second kappa shape index (κ2) is 9.20. The van der Waals surface area contributed by atoms with Crippen LogP contribution < -0.4 is 15.4 Å². The Balaban J connectivity index is 1.53. The van der Waals surface area contributed by atoms with Gasteiger partial charge in [0.05, 0.1) is 12.9 Å². The lowest BCUT2D eigenvalue weighted by atomic mass is 10.2. The molecule has 3 rings (SSSR count). The van der Waals surface area contributed by atoms with E-state index in [9.17, 15) is 4.79 Å². The Morgan fingerprint density at radius 1 is 1.26 bits per heavy atom. The van der Waals surface area contributed by atoms with Crippen molar-refractivity contribution in [3.8, 4) is 5.75 Å². The molecule has 0 atom stereocenters. The zero-order chi connectivity index (χ0) is 19.2. The Labute approximate surface area is 173 Å². The van der Waals surface area contributed by atoms with Gasteiger partial charge in [-0.25, -0.2) is 0 Å². The quantitative estimate of drug-likeness (QED) is 0.474. The summed E-state index contributed by atoms with van der Waals surface area (Å²) >= 11 is 6.17. The minimum absolute atomic E-state index is 0.0806. The van der Waals surface area contributed by atoms with Gasteiger partial charge in [0.15, 0.2) is 4.34 Å². The predicted molar refractivity (Wildman–Crippen MR) is 114 cm³/mol.